The number of hydrazone groups is 1. The zero-order valence-electron chi connectivity index (χ0n) is 19.7. The molecule has 0 fully saturated rings. The number of halogens is 1. The summed E-state index contributed by atoms with van der Waals surface area (Å²) >= 11 is 7.24. The molecule has 1 aromatic heterocycles. The van der Waals surface area contributed by atoms with Gasteiger partial charge in [-0.25, -0.2) is 10.1 Å². The van der Waals surface area contributed by atoms with Crippen LogP contribution in [0.2, 0.25) is 5.02 Å². The Labute approximate surface area is 226 Å². The fraction of sp³-hybridized carbons (Fsp3) is 0.0833. The lowest BCUT2D eigenvalue weighted by Gasteiger charge is -2.10. The van der Waals surface area contributed by atoms with Gasteiger partial charge in [0.1, 0.15) is 12.4 Å². The molecule has 0 radical (unpaired) electrons. The van der Waals surface area contributed by atoms with Gasteiger partial charge in [-0.15, -0.1) is 10.2 Å². The third-order valence-electron chi connectivity index (χ3n) is 4.97. The van der Waals surface area contributed by atoms with Crippen molar-refractivity contribution in [3.8, 4) is 5.75 Å². The average Bonchev–Trinajstić information content (AvgIpc) is 3.26. The molecule has 0 aliphatic rings. The fourth-order valence-corrected chi connectivity index (χ4v) is 3.97. The number of nitro groups is 1. The predicted octanol–water partition coefficient (Wildman–Crippen LogP) is 4.31. The minimum Gasteiger partial charge on any atom is -0.488 e. The lowest BCUT2D eigenvalue weighted by molar-refractivity contribution is -0.384. The molecule has 12 nitrogen and oxygen atoms in total. The largest absolute Gasteiger partial charge is 0.488 e. The van der Waals surface area contributed by atoms with E-state index in [1.54, 1.807) is 18.3 Å². The maximum Gasteiger partial charge on any atom is 0.271 e. The number of ether oxygens (including phenoxy) is 1. The highest BCUT2D eigenvalue weighted by Crippen LogP contribution is 2.22. The topological polar surface area (TPSA) is 163 Å². The Morgan fingerprint density at radius 3 is 2.76 bits per heavy atom. The molecule has 0 saturated heterocycles. The van der Waals surface area contributed by atoms with Crippen LogP contribution in [0.15, 0.2) is 83.1 Å². The highest BCUT2D eigenvalue weighted by atomic mass is 35.5. The quantitative estimate of drug-likeness (QED) is 0.0808. The lowest BCUT2D eigenvalue weighted by atomic mass is 10.2. The van der Waals surface area contributed by atoms with E-state index in [1.165, 1.54) is 18.2 Å². The number of carbonyl (C=O) groups is 1. The Bertz CT molecular complexity index is 1480. The highest BCUT2D eigenvalue weighted by Gasteiger charge is 2.13. The third-order valence-corrected chi connectivity index (χ3v) is 6.28. The average molecular weight is 553 g/mol. The van der Waals surface area contributed by atoms with Crippen LogP contribution in [0.4, 0.5) is 17.3 Å². The molecule has 0 spiro atoms. The Morgan fingerprint density at radius 2 is 1.95 bits per heavy atom. The second-order valence-electron chi connectivity index (χ2n) is 7.61. The number of thioether (sulfide) groups is 1. The van der Waals surface area contributed by atoms with Crippen molar-refractivity contribution in [3.05, 3.63) is 99.1 Å². The van der Waals surface area contributed by atoms with Crippen molar-refractivity contribution in [3.63, 3.8) is 0 Å². The van der Waals surface area contributed by atoms with Crippen molar-refractivity contribution >= 4 is 52.8 Å². The monoisotopic (exact) mass is 552 g/mol. The molecule has 0 aliphatic heterocycles. The molecule has 3 aromatic carbocycles. The van der Waals surface area contributed by atoms with Crippen LogP contribution in [-0.4, -0.2) is 37.7 Å². The minimum absolute atomic E-state index is 0.0442. The van der Waals surface area contributed by atoms with E-state index in [0.29, 0.717) is 28.6 Å². The van der Waals surface area contributed by atoms with E-state index in [0.717, 1.165) is 22.0 Å². The Hall–Kier alpha value is -4.62. The smallest absolute Gasteiger partial charge is 0.271 e. The number of hydrogen-bond donors (Lipinski definition) is 3. The van der Waals surface area contributed by atoms with Gasteiger partial charge in [-0.1, -0.05) is 59.8 Å². The molecule has 4 rings (SSSR count). The number of nitro benzene ring substituents is 1. The van der Waals surface area contributed by atoms with Gasteiger partial charge in [0, 0.05) is 34.0 Å². The molecule has 0 atom stereocenters. The van der Waals surface area contributed by atoms with E-state index < -0.39 is 4.92 Å². The van der Waals surface area contributed by atoms with Crippen LogP contribution in [0.3, 0.4) is 0 Å². The summed E-state index contributed by atoms with van der Waals surface area (Å²) in [5.74, 6) is 6.35. The predicted molar refractivity (Wildman–Crippen MR) is 146 cm³/mol. The van der Waals surface area contributed by atoms with E-state index in [-0.39, 0.29) is 28.5 Å². The van der Waals surface area contributed by atoms with Crippen LogP contribution in [0, 0.1) is 10.1 Å². The number of nitrogens with one attached hydrogen (secondary N) is 2. The summed E-state index contributed by atoms with van der Waals surface area (Å²) in [6, 6.07) is 20.4. The number of para-hydroxylation sites is 1. The van der Waals surface area contributed by atoms with Gasteiger partial charge in [0.05, 0.1) is 16.9 Å². The van der Waals surface area contributed by atoms with Gasteiger partial charge in [0.15, 0.2) is 0 Å². The first-order chi connectivity index (χ1) is 18.4. The van der Waals surface area contributed by atoms with Crippen LogP contribution >= 0.6 is 23.4 Å². The number of nitrogen functional groups attached to an aromatic ring is 1. The number of non-ortho nitro benzene ring substituents is 1. The molecule has 14 heteroatoms. The molecule has 4 N–H and O–H groups in total. The van der Waals surface area contributed by atoms with Crippen molar-refractivity contribution in [2.24, 2.45) is 5.10 Å². The summed E-state index contributed by atoms with van der Waals surface area (Å²) in [6.45, 7) is 0.296. The second-order valence-corrected chi connectivity index (χ2v) is 8.96. The third kappa shape index (κ3) is 6.99. The van der Waals surface area contributed by atoms with Crippen molar-refractivity contribution < 1.29 is 14.5 Å². The lowest BCUT2D eigenvalue weighted by Crippen LogP contribution is -2.17. The van der Waals surface area contributed by atoms with Gasteiger partial charge in [-0.2, -0.15) is 5.10 Å². The summed E-state index contributed by atoms with van der Waals surface area (Å²) in [5.41, 5.74) is 4.48. The summed E-state index contributed by atoms with van der Waals surface area (Å²) in [4.78, 5) is 22.6. The van der Waals surface area contributed by atoms with Crippen LogP contribution in [0.5, 0.6) is 5.75 Å². The van der Waals surface area contributed by atoms with Crippen molar-refractivity contribution in [2.45, 2.75) is 11.8 Å². The van der Waals surface area contributed by atoms with Gasteiger partial charge in [-0.3, -0.25) is 14.9 Å². The Kier molecular flexibility index (Phi) is 8.74. The van der Waals surface area contributed by atoms with Gasteiger partial charge >= 0.3 is 0 Å². The number of rotatable bonds is 11. The second kappa shape index (κ2) is 12.6. The molecule has 0 aliphatic carbocycles. The number of benzene rings is 3. The molecule has 0 bridgehead atoms. The Morgan fingerprint density at radius 1 is 1.16 bits per heavy atom. The number of anilines is 2. The number of aromatic nitrogens is 3. The molecule has 194 valence electrons. The van der Waals surface area contributed by atoms with Crippen molar-refractivity contribution in [2.75, 3.05) is 22.3 Å². The van der Waals surface area contributed by atoms with E-state index in [4.69, 9.17) is 22.2 Å². The molecule has 0 unspecified atom stereocenters. The molecule has 1 heterocycles. The number of amides is 1. The molecule has 38 heavy (non-hydrogen) atoms. The summed E-state index contributed by atoms with van der Waals surface area (Å²) in [5, 5.41) is 26.4. The zero-order valence-corrected chi connectivity index (χ0v) is 21.2. The summed E-state index contributed by atoms with van der Waals surface area (Å²) < 4.78 is 7.07. The van der Waals surface area contributed by atoms with E-state index in [9.17, 15) is 14.9 Å². The van der Waals surface area contributed by atoms with Crippen LogP contribution in [-0.2, 0) is 11.4 Å². The van der Waals surface area contributed by atoms with Crippen LogP contribution in [0.1, 0.15) is 11.1 Å². The standard InChI is InChI=1S/C24H21ClN8O4S/c25-20-10-3-1-7-17(20)14-37-21-11-4-2-6-16(21)13-27-29-23-30-31-24(32(23)26)38-15-22(34)28-18-8-5-9-19(12-18)33(35)36/h1-13H,14-15,26H2,(H,28,34)(H,29,30)/b27-13+. The first-order valence-corrected chi connectivity index (χ1v) is 12.4. The minimum atomic E-state index is -0.537. The van der Waals surface area contributed by atoms with Gasteiger partial charge in [-0.05, 0) is 24.3 Å². The maximum atomic E-state index is 12.2. The SMILES string of the molecule is Nn1c(N/N=C/c2ccccc2OCc2ccccc2Cl)nnc1SCC(=O)Nc1cccc([N+](=O)[O-])c1. The summed E-state index contributed by atoms with van der Waals surface area (Å²) in [6.07, 6.45) is 1.55. The van der Waals surface area contributed by atoms with Gasteiger partial charge in [0.25, 0.3) is 11.6 Å². The van der Waals surface area contributed by atoms with E-state index >= 15 is 0 Å². The van der Waals surface area contributed by atoms with Crippen molar-refractivity contribution in [1.29, 1.82) is 0 Å². The molecule has 1 amide bonds. The molecular formula is C24H21ClN8O4S. The summed E-state index contributed by atoms with van der Waals surface area (Å²) in [7, 11) is 0. The number of carbonyl (C=O) groups excluding carboxylic acids is 1. The first kappa shape index (κ1) is 26.4. The van der Waals surface area contributed by atoms with Crippen molar-refractivity contribution in [1.82, 2.24) is 14.9 Å². The first-order valence-electron chi connectivity index (χ1n) is 11.0. The normalized spacial score (nSPS) is 10.9. The molecule has 4 aromatic rings. The number of nitrogens with two attached hydrogens (primary N) is 1. The maximum absolute atomic E-state index is 12.2. The highest BCUT2D eigenvalue weighted by molar-refractivity contribution is 7.99. The number of hydrogen-bond acceptors (Lipinski definition) is 10. The fourth-order valence-electron chi connectivity index (χ4n) is 3.13. The van der Waals surface area contributed by atoms with Crippen LogP contribution in [0.25, 0.3) is 0 Å². The number of nitrogens with zero attached hydrogens (tertiary/aromatic N) is 5. The van der Waals surface area contributed by atoms with Crippen LogP contribution < -0.4 is 21.3 Å². The van der Waals surface area contributed by atoms with Gasteiger partial charge in [0.2, 0.25) is 11.1 Å². The van der Waals surface area contributed by atoms with Gasteiger partial charge < -0.3 is 15.9 Å². The van der Waals surface area contributed by atoms with E-state index in [2.05, 4.69) is 26.0 Å². The van der Waals surface area contributed by atoms with E-state index in [1.807, 2.05) is 42.5 Å². The zero-order chi connectivity index (χ0) is 26.9. The molecule has 0 saturated carbocycles. The Balaban J connectivity index is 1.31. The molecular weight excluding hydrogens is 532 g/mol.